The number of hydrogen-bond donors (Lipinski definition) is 0. The molecule has 1 aliphatic heterocycles. The predicted octanol–water partition coefficient (Wildman–Crippen LogP) is 4.04. The number of imidazole rings is 1. The zero-order valence-corrected chi connectivity index (χ0v) is 16.1. The van der Waals surface area contributed by atoms with Gasteiger partial charge < -0.3 is 9.30 Å². The summed E-state index contributed by atoms with van der Waals surface area (Å²) in [6, 6.07) is 16.9. The average Bonchev–Trinajstić information content (AvgIpc) is 3.64. The van der Waals surface area contributed by atoms with Gasteiger partial charge in [0.1, 0.15) is 5.65 Å². The van der Waals surface area contributed by atoms with Crippen LogP contribution < -0.4 is 0 Å². The number of piperidine rings is 1. The summed E-state index contributed by atoms with van der Waals surface area (Å²) < 4.78 is 2.11. The van der Waals surface area contributed by atoms with Gasteiger partial charge in [-0.15, -0.1) is 0 Å². The third-order valence-electron chi connectivity index (χ3n) is 7.49. The standard InChI is InChI=1S/C24H25N3O/c28-22(19-16-23(19)9-10-23)26-14-11-24(12-15-26,18-6-2-1-3-7-18)20-17-27-13-5-4-8-21(27)25-20/h1-8,13,17,19H,9-12,14-16H2. The van der Waals surface area contributed by atoms with Gasteiger partial charge in [0, 0.05) is 36.8 Å². The maximum Gasteiger partial charge on any atom is 0.226 e. The first-order chi connectivity index (χ1) is 13.7. The van der Waals surface area contributed by atoms with Crippen LogP contribution in [0, 0.1) is 11.3 Å². The fraction of sp³-hybridized carbons (Fsp3) is 0.417. The van der Waals surface area contributed by atoms with E-state index in [1.165, 1.54) is 18.4 Å². The first-order valence-corrected chi connectivity index (χ1v) is 10.5. The van der Waals surface area contributed by atoms with E-state index in [1.54, 1.807) is 0 Å². The molecule has 4 heteroatoms. The van der Waals surface area contributed by atoms with Crippen LogP contribution >= 0.6 is 0 Å². The Morgan fingerprint density at radius 1 is 0.964 bits per heavy atom. The van der Waals surface area contributed by atoms with E-state index in [9.17, 15) is 4.79 Å². The summed E-state index contributed by atoms with van der Waals surface area (Å²) in [5, 5.41) is 0. The molecule has 2 saturated carbocycles. The smallest absolute Gasteiger partial charge is 0.226 e. The highest BCUT2D eigenvalue weighted by molar-refractivity contribution is 5.83. The molecule has 1 aromatic carbocycles. The first kappa shape index (κ1) is 16.3. The third-order valence-corrected chi connectivity index (χ3v) is 7.49. The van der Waals surface area contributed by atoms with Crippen LogP contribution in [0.3, 0.4) is 0 Å². The van der Waals surface area contributed by atoms with Crippen LogP contribution in [-0.2, 0) is 10.2 Å². The summed E-state index contributed by atoms with van der Waals surface area (Å²) in [6.45, 7) is 1.66. The Balaban J connectivity index is 1.33. The normalized spacial score (nSPS) is 24.4. The number of fused-ring (bicyclic) bond motifs is 1. The van der Waals surface area contributed by atoms with Gasteiger partial charge in [-0.05, 0) is 55.2 Å². The van der Waals surface area contributed by atoms with E-state index < -0.39 is 0 Å². The van der Waals surface area contributed by atoms with Crippen LogP contribution in [0.2, 0.25) is 0 Å². The number of aromatic nitrogens is 2. The molecule has 4 nitrogen and oxygen atoms in total. The van der Waals surface area contributed by atoms with E-state index in [4.69, 9.17) is 4.98 Å². The number of rotatable bonds is 3. The summed E-state index contributed by atoms with van der Waals surface area (Å²) in [5.41, 5.74) is 3.75. The Kier molecular flexibility index (Phi) is 3.32. The second kappa shape index (κ2) is 5.69. The van der Waals surface area contributed by atoms with Gasteiger partial charge in [-0.1, -0.05) is 36.4 Å². The van der Waals surface area contributed by atoms with Gasteiger partial charge in [0.15, 0.2) is 0 Å². The lowest BCUT2D eigenvalue weighted by Crippen LogP contribution is -2.46. The van der Waals surface area contributed by atoms with Crippen LogP contribution in [-0.4, -0.2) is 33.3 Å². The van der Waals surface area contributed by atoms with Crippen LogP contribution in [0.15, 0.2) is 60.9 Å². The number of carbonyl (C=O) groups excluding carboxylic acids is 1. The second-order valence-electron chi connectivity index (χ2n) is 8.98. The lowest BCUT2D eigenvalue weighted by atomic mass is 9.70. The van der Waals surface area contributed by atoms with E-state index in [0.717, 1.165) is 43.7 Å². The Morgan fingerprint density at radius 2 is 1.71 bits per heavy atom. The van der Waals surface area contributed by atoms with Gasteiger partial charge in [-0.2, -0.15) is 0 Å². The van der Waals surface area contributed by atoms with Crippen molar-refractivity contribution in [1.29, 1.82) is 0 Å². The molecule has 142 valence electrons. The van der Waals surface area contributed by atoms with E-state index >= 15 is 0 Å². The lowest BCUT2D eigenvalue weighted by Gasteiger charge is -2.41. The Bertz CT molecular complexity index is 1010. The molecular weight excluding hydrogens is 346 g/mol. The number of benzene rings is 1. The highest BCUT2D eigenvalue weighted by Crippen LogP contribution is 2.71. The Morgan fingerprint density at radius 3 is 2.39 bits per heavy atom. The van der Waals surface area contributed by atoms with Gasteiger partial charge in [0.2, 0.25) is 5.91 Å². The summed E-state index contributed by atoms with van der Waals surface area (Å²) in [7, 11) is 0. The molecule has 1 saturated heterocycles. The maximum atomic E-state index is 12.9. The fourth-order valence-electron chi connectivity index (χ4n) is 5.35. The molecule has 0 bridgehead atoms. The van der Waals surface area contributed by atoms with E-state index in [-0.39, 0.29) is 5.41 Å². The summed E-state index contributed by atoms with van der Waals surface area (Å²) in [4.78, 5) is 20.1. The quantitative estimate of drug-likeness (QED) is 0.697. The number of hydrogen-bond acceptors (Lipinski definition) is 2. The number of pyridine rings is 1. The second-order valence-corrected chi connectivity index (χ2v) is 8.98. The Hall–Kier alpha value is -2.62. The molecule has 1 amide bonds. The van der Waals surface area contributed by atoms with Gasteiger partial charge in [-0.25, -0.2) is 4.98 Å². The van der Waals surface area contributed by atoms with E-state index in [1.807, 2.05) is 12.1 Å². The van der Waals surface area contributed by atoms with Gasteiger partial charge in [0.05, 0.1) is 5.69 Å². The highest BCUT2D eigenvalue weighted by Gasteiger charge is 2.66. The van der Waals surface area contributed by atoms with Crippen molar-refractivity contribution in [3.63, 3.8) is 0 Å². The van der Waals surface area contributed by atoms with Crippen LogP contribution in [0.1, 0.15) is 43.4 Å². The summed E-state index contributed by atoms with van der Waals surface area (Å²) in [6.07, 6.45) is 9.79. The average molecular weight is 371 g/mol. The van der Waals surface area contributed by atoms with Crippen LogP contribution in [0.25, 0.3) is 5.65 Å². The minimum atomic E-state index is -0.120. The van der Waals surface area contributed by atoms with Crippen molar-refractivity contribution in [3.8, 4) is 0 Å². The molecule has 3 fully saturated rings. The van der Waals surface area contributed by atoms with Crippen molar-refractivity contribution in [1.82, 2.24) is 14.3 Å². The summed E-state index contributed by atoms with van der Waals surface area (Å²) >= 11 is 0. The maximum absolute atomic E-state index is 12.9. The van der Waals surface area contributed by atoms with Crippen molar-refractivity contribution in [2.75, 3.05) is 13.1 Å². The molecule has 2 aromatic heterocycles. The molecule has 1 atom stereocenters. The molecule has 0 radical (unpaired) electrons. The number of carbonyl (C=O) groups is 1. The largest absolute Gasteiger partial charge is 0.342 e. The molecule has 3 heterocycles. The molecule has 3 aliphatic rings. The molecular formula is C24H25N3O. The predicted molar refractivity (Wildman–Crippen MR) is 108 cm³/mol. The molecule has 6 rings (SSSR count). The van der Waals surface area contributed by atoms with Crippen molar-refractivity contribution in [2.45, 2.75) is 37.5 Å². The molecule has 1 spiro atoms. The van der Waals surface area contributed by atoms with Gasteiger partial charge >= 0.3 is 0 Å². The van der Waals surface area contributed by atoms with Crippen molar-refractivity contribution < 1.29 is 4.79 Å². The fourth-order valence-corrected chi connectivity index (χ4v) is 5.35. The van der Waals surface area contributed by atoms with E-state index in [0.29, 0.717) is 17.2 Å². The molecule has 1 unspecified atom stereocenters. The minimum absolute atomic E-state index is 0.120. The SMILES string of the molecule is O=C(C1CC12CC2)N1CCC(c2ccccc2)(c2cn3ccccc3n2)CC1. The van der Waals surface area contributed by atoms with Gasteiger partial charge in [0.25, 0.3) is 0 Å². The zero-order valence-electron chi connectivity index (χ0n) is 16.1. The molecule has 3 aromatic rings. The topological polar surface area (TPSA) is 37.6 Å². The van der Waals surface area contributed by atoms with Crippen LogP contribution in [0.4, 0.5) is 0 Å². The van der Waals surface area contributed by atoms with Gasteiger partial charge in [-0.3, -0.25) is 4.79 Å². The number of nitrogens with zero attached hydrogens (tertiary/aromatic N) is 3. The molecule has 2 aliphatic carbocycles. The third kappa shape index (κ3) is 2.36. The number of likely N-dealkylation sites (tertiary alicyclic amines) is 1. The lowest BCUT2D eigenvalue weighted by molar-refractivity contribution is -0.134. The van der Waals surface area contributed by atoms with E-state index in [2.05, 4.69) is 58.1 Å². The number of amides is 1. The highest BCUT2D eigenvalue weighted by atomic mass is 16.2. The minimum Gasteiger partial charge on any atom is -0.342 e. The first-order valence-electron chi connectivity index (χ1n) is 10.5. The van der Waals surface area contributed by atoms with Crippen molar-refractivity contribution >= 4 is 11.6 Å². The van der Waals surface area contributed by atoms with Crippen molar-refractivity contribution in [3.05, 3.63) is 72.2 Å². The monoisotopic (exact) mass is 371 g/mol. The zero-order chi connectivity index (χ0) is 18.8. The van der Waals surface area contributed by atoms with Crippen molar-refractivity contribution in [2.24, 2.45) is 11.3 Å². The Labute approximate surface area is 165 Å². The molecule has 28 heavy (non-hydrogen) atoms. The summed E-state index contributed by atoms with van der Waals surface area (Å²) in [5.74, 6) is 0.737. The molecule has 0 N–H and O–H groups in total. The van der Waals surface area contributed by atoms with Crippen LogP contribution in [0.5, 0.6) is 0 Å².